The lowest BCUT2D eigenvalue weighted by molar-refractivity contribution is 0.0786. The highest BCUT2D eigenvalue weighted by Gasteiger charge is 2.21. The molecular weight excluding hydrogens is 438 g/mol. The molecule has 7 nitrogen and oxygen atoms in total. The van der Waals surface area contributed by atoms with Crippen molar-refractivity contribution >= 4 is 34.4 Å². The average molecular weight is 468 g/mol. The SMILES string of the molecule is COc1cc(CN(C)C(=O)c2cc(N3CCSCC3)nc3ccccc23)cc(OC)c1OC. The second kappa shape index (κ2) is 10.2. The van der Waals surface area contributed by atoms with Crippen molar-refractivity contribution in [3.05, 3.63) is 53.6 Å². The number of hydrogen-bond donors (Lipinski definition) is 0. The Morgan fingerprint density at radius 3 is 2.33 bits per heavy atom. The molecule has 3 aromatic rings. The monoisotopic (exact) mass is 467 g/mol. The van der Waals surface area contributed by atoms with Crippen LogP contribution in [0.4, 0.5) is 5.82 Å². The number of carbonyl (C=O) groups is 1. The first kappa shape index (κ1) is 23.0. The molecule has 4 rings (SSSR count). The van der Waals surface area contributed by atoms with E-state index in [-0.39, 0.29) is 5.91 Å². The minimum absolute atomic E-state index is 0.0602. The molecule has 0 N–H and O–H groups in total. The fourth-order valence-corrected chi connectivity index (χ4v) is 4.97. The predicted octanol–water partition coefficient (Wildman–Crippen LogP) is 4.09. The van der Waals surface area contributed by atoms with E-state index >= 15 is 0 Å². The molecule has 0 atom stereocenters. The number of fused-ring (bicyclic) bond motifs is 1. The van der Waals surface area contributed by atoms with Crippen LogP contribution in [-0.4, -0.2) is 68.8 Å². The van der Waals surface area contributed by atoms with Crippen LogP contribution in [0.2, 0.25) is 0 Å². The molecule has 1 saturated heterocycles. The third-order valence-electron chi connectivity index (χ3n) is 5.76. The third kappa shape index (κ3) is 4.80. The summed E-state index contributed by atoms with van der Waals surface area (Å²) >= 11 is 1.95. The molecule has 0 aliphatic carbocycles. The largest absolute Gasteiger partial charge is 0.493 e. The Bertz CT molecular complexity index is 1120. The van der Waals surface area contributed by atoms with Crippen LogP contribution in [0.3, 0.4) is 0 Å². The van der Waals surface area contributed by atoms with Gasteiger partial charge in [-0.2, -0.15) is 11.8 Å². The Morgan fingerprint density at radius 2 is 1.70 bits per heavy atom. The second-order valence-corrected chi connectivity index (χ2v) is 9.06. The van der Waals surface area contributed by atoms with Crippen LogP contribution < -0.4 is 19.1 Å². The number of aromatic nitrogens is 1. The Kier molecular flexibility index (Phi) is 7.13. The average Bonchev–Trinajstić information content (AvgIpc) is 2.87. The first-order chi connectivity index (χ1) is 16.0. The summed E-state index contributed by atoms with van der Waals surface area (Å²) in [5.41, 5.74) is 2.37. The van der Waals surface area contributed by atoms with Crippen LogP contribution in [0, 0.1) is 0 Å². The number of carbonyl (C=O) groups excluding carboxylic acids is 1. The lowest BCUT2D eigenvalue weighted by Gasteiger charge is -2.28. The van der Waals surface area contributed by atoms with Gasteiger partial charge in [0.05, 0.1) is 32.4 Å². The zero-order valence-corrected chi connectivity index (χ0v) is 20.3. The van der Waals surface area contributed by atoms with E-state index in [4.69, 9.17) is 19.2 Å². The van der Waals surface area contributed by atoms with E-state index in [0.717, 1.165) is 46.9 Å². The summed E-state index contributed by atoms with van der Waals surface area (Å²) in [5, 5.41) is 0.856. The van der Waals surface area contributed by atoms with Gasteiger partial charge in [-0.3, -0.25) is 4.79 Å². The van der Waals surface area contributed by atoms with E-state index < -0.39 is 0 Å². The molecule has 1 aromatic heterocycles. The number of anilines is 1. The van der Waals surface area contributed by atoms with Gasteiger partial charge < -0.3 is 24.0 Å². The summed E-state index contributed by atoms with van der Waals surface area (Å²) in [6, 6.07) is 13.5. The molecule has 1 aliphatic rings. The zero-order chi connectivity index (χ0) is 23.4. The van der Waals surface area contributed by atoms with E-state index in [9.17, 15) is 4.79 Å². The standard InChI is InChI=1S/C25H29N3O4S/c1-27(16-17-13-21(30-2)24(32-4)22(14-17)31-3)25(29)19-15-23(28-9-11-33-12-10-28)26-20-8-6-5-7-18(19)20/h5-8,13-15H,9-12,16H2,1-4H3. The number of benzene rings is 2. The maximum atomic E-state index is 13.6. The highest BCUT2D eigenvalue weighted by Crippen LogP contribution is 2.38. The summed E-state index contributed by atoms with van der Waals surface area (Å²) in [6.45, 7) is 2.26. The number of nitrogens with zero attached hydrogens (tertiary/aromatic N) is 3. The zero-order valence-electron chi connectivity index (χ0n) is 19.5. The van der Waals surface area contributed by atoms with Crippen LogP contribution >= 0.6 is 11.8 Å². The van der Waals surface area contributed by atoms with Crippen LogP contribution in [-0.2, 0) is 6.54 Å². The first-order valence-corrected chi connectivity index (χ1v) is 12.0. The number of pyridine rings is 1. The van der Waals surface area contributed by atoms with Crippen LogP contribution in [0.1, 0.15) is 15.9 Å². The molecule has 0 spiro atoms. The van der Waals surface area contributed by atoms with Crippen molar-refractivity contribution in [1.82, 2.24) is 9.88 Å². The molecule has 1 aliphatic heterocycles. The minimum atomic E-state index is -0.0602. The summed E-state index contributed by atoms with van der Waals surface area (Å²) in [6.07, 6.45) is 0. The number of amides is 1. The van der Waals surface area contributed by atoms with Crippen molar-refractivity contribution in [2.75, 3.05) is 57.9 Å². The van der Waals surface area contributed by atoms with Crippen molar-refractivity contribution in [3.8, 4) is 17.2 Å². The quantitative estimate of drug-likeness (QED) is 0.519. The number of ether oxygens (including phenoxy) is 3. The molecule has 33 heavy (non-hydrogen) atoms. The fraction of sp³-hybridized carbons (Fsp3) is 0.360. The molecular formula is C25H29N3O4S. The van der Waals surface area contributed by atoms with E-state index in [0.29, 0.717) is 29.4 Å². The summed E-state index contributed by atoms with van der Waals surface area (Å²) in [7, 11) is 6.54. The molecule has 0 unspecified atom stereocenters. The molecule has 0 radical (unpaired) electrons. The molecule has 0 bridgehead atoms. The third-order valence-corrected chi connectivity index (χ3v) is 6.70. The van der Waals surface area contributed by atoms with Gasteiger partial charge in [0, 0.05) is 43.6 Å². The van der Waals surface area contributed by atoms with Gasteiger partial charge in [-0.25, -0.2) is 4.98 Å². The molecule has 174 valence electrons. The topological polar surface area (TPSA) is 64.1 Å². The highest BCUT2D eigenvalue weighted by molar-refractivity contribution is 7.99. The Hall–Kier alpha value is -3.13. The van der Waals surface area contributed by atoms with Crippen molar-refractivity contribution in [2.24, 2.45) is 0 Å². The number of thioether (sulfide) groups is 1. The second-order valence-electron chi connectivity index (χ2n) is 7.84. The highest BCUT2D eigenvalue weighted by atomic mass is 32.2. The molecule has 2 aromatic carbocycles. The first-order valence-electron chi connectivity index (χ1n) is 10.8. The van der Waals surface area contributed by atoms with Crippen molar-refractivity contribution in [2.45, 2.75) is 6.54 Å². The fourth-order valence-electron chi connectivity index (χ4n) is 4.07. The molecule has 2 heterocycles. The van der Waals surface area contributed by atoms with E-state index in [2.05, 4.69) is 4.90 Å². The Balaban J connectivity index is 1.67. The van der Waals surface area contributed by atoms with Crippen LogP contribution in [0.5, 0.6) is 17.2 Å². The van der Waals surface area contributed by atoms with Crippen molar-refractivity contribution in [3.63, 3.8) is 0 Å². The number of methoxy groups -OCH3 is 3. The lowest BCUT2D eigenvalue weighted by Crippen LogP contribution is -2.33. The van der Waals surface area contributed by atoms with Crippen molar-refractivity contribution in [1.29, 1.82) is 0 Å². The summed E-state index contributed by atoms with van der Waals surface area (Å²) in [4.78, 5) is 22.4. The predicted molar refractivity (Wildman–Crippen MR) is 133 cm³/mol. The minimum Gasteiger partial charge on any atom is -0.493 e. The van der Waals surface area contributed by atoms with E-state index in [1.165, 1.54) is 0 Å². The molecule has 0 saturated carbocycles. The van der Waals surface area contributed by atoms with Gasteiger partial charge >= 0.3 is 0 Å². The van der Waals surface area contributed by atoms with E-state index in [1.807, 2.05) is 54.2 Å². The number of hydrogen-bond acceptors (Lipinski definition) is 7. The normalized spacial score (nSPS) is 13.6. The smallest absolute Gasteiger partial charge is 0.254 e. The maximum Gasteiger partial charge on any atom is 0.254 e. The lowest BCUT2D eigenvalue weighted by atomic mass is 10.1. The summed E-state index contributed by atoms with van der Waals surface area (Å²) < 4.78 is 16.3. The summed E-state index contributed by atoms with van der Waals surface area (Å²) in [5.74, 6) is 4.59. The molecule has 1 amide bonds. The molecule has 8 heteroatoms. The Morgan fingerprint density at radius 1 is 1.03 bits per heavy atom. The van der Waals surface area contributed by atoms with Gasteiger partial charge in [0.15, 0.2) is 11.5 Å². The van der Waals surface area contributed by atoms with Crippen molar-refractivity contribution < 1.29 is 19.0 Å². The van der Waals surface area contributed by atoms with Gasteiger partial charge in [-0.1, -0.05) is 18.2 Å². The van der Waals surface area contributed by atoms with E-state index in [1.54, 1.807) is 33.3 Å². The van der Waals surface area contributed by atoms with Gasteiger partial charge in [0.2, 0.25) is 5.75 Å². The van der Waals surface area contributed by atoms with Gasteiger partial charge in [0.1, 0.15) is 5.82 Å². The maximum absolute atomic E-state index is 13.6. The molecule has 1 fully saturated rings. The van der Waals surface area contributed by atoms with Gasteiger partial charge in [-0.15, -0.1) is 0 Å². The number of rotatable bonds is 7. The van der Waals surface area contributed by atoms with Crippen LogP contribution in [0.15, 0.2) is 42.5 Å². The van der Waals surface area contributed by atoms with Crippen LogP contribution in [0.25, 0.3) is 10.9 Å². The van der Waals surface area contributed by atoms with Gasteiger partial charge in [0.25, 0.3) is 5.91 Å². The van der Waals surface area contributed by atoms with Gasteiger partial charge in [-0.05, 0) is 29.8 Å². The number of para-hydroxylation sites is 1. The Labute approximate surface area is 198 Å².